The van der Waals surface area contributed by atoms with Crippen molar-refractivity contribution in [3.05, 3.63) is 60.4 Å². The lowest BCUT2D eigenvalue weighted by atomic mass is 10.1. The highest BCUT2D eigenvalue weighted by atomic mass is 16.4. The molecule has 124 valence electrons. The Morgan fingerprint density at radius 3 is 2.88 bits per heavy atom. The summed E-state index contributed by atoms with van der Waals surface area (Å²) in [5.74, 6) is 0.0169. The van der Waals surface area contributed by atoms with E-state index in [-0.39, 0.29) is 6.42 Å². The predicted molar refractivity (Wildman–Crippen MR) is 90.0 cm³/mol. The summed E-state index contributed by atoms with van der Waals surface area (Å²) >= 11 is 0. The number of aromatic nitrogens is 4. The number of benzene rings is 1. The van der Waals surface area contributed by atoms with Gasteiger partial charge in [-0.1, -0.05) is 23.8 Å². The zero-order chi connectivity index (χ0) is 17.4. The first-order chi connectivity index (χ1) is 12.1. The maximum atomic E-state index is 11.0. The number of carbonyl (C=O) groups is 1. The Morgan fingerprint density at radius 2 is 2.08 bits per heavy atom. The molecule has 3 aromatic heterocycles. The zero-order valence-corrected chi connectivity index (χ0v) is 13.4. The summed E-state index contributed by atoms with van der Waals surface area (Å²) in [6.07, 6.45) is 2.97. The fraction of sp³-hybridized carbons (Fsp3) is 0.111. The van der Waals surface area contributed by atoms with Crippen LogP contribution in [-0.4, -0.2) is 30.7 Å². The van der Waals surface area contributed by atoms with E-state index in [0.717, 1.165) is 22.4 Å². The van der Waals surface area contributed by atoms with E-state index in [1.54, 1.807) is 16.7 Å². The molecule has 0 saturated heterocycles. The van der Waals surface area contributed by atoms with Crippen LogP contribution < -0.4 is 0 Å². The van der Waals surface area contributed by atoms with Crippen molar-refractivity contribution in [1.29, 1.82) is 0 Å². The summed E-state index contributed by atoms with van der Waals surface area (Å²) in [6.45, 7) is 2.02. The van der Waals surface area contributed by atoms with E-state index in [9.17, 15) is 4.79 Å². The van der Waals surface area contributed by atoms with E-state index in [1.807, 2.05) is 37.3 Å². The summed E-state index contributed by atoms with van der Waals surface area (Å²) < 4.78 is 7.27. The lowest BCUT2D eigenvalue weighted by Crippen LogP contribution is -2.04. The van der Waals surface area contributed by atoms with Gasteiger partial charge in [-0.25, -0.2) is 4.98 Å². The number of oxazole rings is 1. The molecule has 4 aromatic rings. The maximum Gasteiger partial charge on any atom is 0.311 e. The molecule has 4 rings (SSSR count). The summed E-state index contributed by atoms with van der Waals surface area (Å²) in [5, 5.41) is 16.9. The van der Waals surface area contributed by atoms with Crippen molar-refractivity contribution in [3.8, 4) is 22.6 Å². The third-order valence-corrected chi connectivity index (χ3v) is 3.90. The molecule has 1 N–H and O–H groups in total. The number of aliphatic carboxylic acids is 1. The number of hydrogen-bond acceptors (Lipinski definition) is 5. The van der Waals surface area contributed by atoms with Gasteiger partial charge in [-0.3, -0.25) is 9.20 Å². The monoisotopic (exact) mass is 334 g/mol. The number of carboxylic acid groups (broad SMARTS) is 1. The Balaban J connectivity index is 1.83. The number of carboxylic acids is 1. The highest BCUT2D eigenvalue weighted by molar-refractivity contribution is 5.77. The SMILES string of the molecule is Cc1cccc(-c2ncoc2-c2ccc3nnc(CC(=O)O)n3c2)c1. The van der Waals surface area contributed by atoms with Crippen LogP contribution in [0.25, 0.3) is 28.2 Å². The van der Waals surface area contributed by atoms with E-state index in [1.165, 1.54) is 6.39 Å². The molecule has 0 aliphatic rings. The fourth-order valence-corrected chi connectivity index (χ4v) is 2.78. The Kier molecular flexibility index (Phi) is 3.53. The molecular formula is C18H14N4O3. The third-order valence-electron chi connectivity index (χ3n) is 3.90. The molecule has 0 spiro atoms. The molecule has 0 fully saturated rings. The lowest BCUT2D eigenvalue weighted by molar-refractivity contribution is -0.136. The average Bonchev–Trinajstić information content (AvgIpc) is 3.21. The number of fused-ring (bicyclic) bond motifs is 1. The Hall–Kier alpha value is -3.48. The van der Waals surface area contributed by atoms with Crippen molar-refractivity contribution in [2.75, 3.05) is 0 Å². The van der Waals surface area contributed by atoms with Crippen molar-refractivity contribution in [3.63, 3.8) is 0 Å². The Bertz CT molecular complexity index is 1080. The van der Waals surface area contributed by atoms with Gasteiger partial charge in [0.2, 0.25) is 0 Å². The first-order valence-electron chi connectivity index (χ1n) is 7.68. The molecule has 0 radical (unpaired) electrons. The number of hydrogen-bond donors (Lipinski definition) is 1. The molecule has 0 saturated carbocycles. The Labute approximate surface area is 142 Å². The van der Waals surface area contributed by atoms with Crippen LogP contribution in [0.4, 0.5) is 0 Å². The smallest absolute Gasteiger partial charge is 0.311 e. The summed E-state index contributed by atoms with van der Waals surface area (Å²) in [7, 11) is 0. The molecule has 7 heteroatoms. The minimum Gasteiger partial charge on any atom is -0.481 e. The third kappa shape index (κ3) is 2.76. The molecule has 0 aliphatic carbocycles. The molecule has 0 amide bonds. The second kappa shape index (κ2) is 5.86. The minimum absolute atomic E-state index is 0.203. The molecular weight excluding hydrogens is 320 g/mol. The topological polar surface area (TPSA) is 93.5 Å². The van der Waals surface area contributed by atoms with Crippen LogP contribution in [0.1, 0.15) is 11.4 Å². The highest BCUT2D eigenvalue weighted by Crippen LogP contribution is 2.31. The van der Waals surface area contributed by atoms with Crippen LogP contribution in [-0.2, 0) is 11.2 Å². The van der Waals surface area contributed by atoms with Gasteiger partial charge in [0.25, 0.3) is 0 Å². The lowest BCUT2D eigenvalue weighted by Gasteiger charge is -2.04. The van der Waals surface area contributed by atoms with Crippen LogP contribution in [0.2, 0.25) is 0 Å². The van der Waals surface area contributed by atoms with Gasteiger partial charge in [0.05, 0.1) is 0 Å². The molecule has 1 aromatic carbocycles. The van der Waals surface area contributed by atoms with Gasteiger partial charge in [0, 0.05) is 17.3 Å². The normalized spacial score (nSPS) is 11.1. The van der Waals surface area contributed by atoms with E-state index in [2.05, 4.69) is 15.2 Å². The quantitative estimate of drug-likeness (QED) is 0.616. The van der Waals surface area contributed by atoms with Crippen LogP contribution in [0.3, 0.4) is 0 Å². The predicted octanol–water partition coefficient (Wildman–Crippen LogP) is 2.99. The Morgan fingerprint density at radius 1 is 1.20 bits per heavy atom. The first kappa shape index (κ1) is 15.1. The van der Waals surface area contributed by atoms with E-state index in [0.29, 0.717) is 17.2 Å². The van der Waals surface area contributed by atoms with Gasteiger partial charge >= 0.3 is 5.97 Å². The van der Waals surface area contributed by atoms with E-state index >= 15 is 0 Å². The van der Waals surface area contributed by atoms with Crippen molar-refractivity contribution in [1.82, 2.24) is 19.6 Å². The first-order valence-corrected chi connectivity index (χ1v) is 7.68. The number of pyridine rings is 1. The fourth-order valence-electron chi connectivity index (χ4n) is 2.78. The molecule has 25 heavy (non-hydrogen) atoms. The van der Waals surface area contributed by atoms with Crippen LogP contribution in [0.5, 0.6) is 0 Å². The van der Waals surface area contributed by atoms with Crippen molar-refractivity contribution < 1.29 is 14.3 Å². The van der Waals surface area contributed by atoms with Gasteiger partial charge in [-0.15, -0.1) is 10.2 Å². The van der Waals surface area contributed by atoms with Crippen LogP contribution in [0.15, 0.2) is 53.4 Å². The molecule has 0 aliphatic heterocycles. The van der Waals surface area contributed by atoms with Gasteiger partial charge in [-0.05, 0) is 25.1 Å². The maximum absolute atomic E-state index is 11.0. The second-order valence-corrected chi connectivity index (χ2v) is 5.73. The molecule has 0 unspecified atom stereocenters. The van der Waals surface area contributed by atoms with Crippen molar-refractivity contribution in [2.24, 2.45) is 0 Å². The van der Waals surface area contributed by atoms with Crippen LogP contribution in [0, 0.1) is 6.92 Å². The molecule has 0 bridgehead atoms. The molecule has 3 heterocycles. The van der Waals surface area contributed by atoms with E-state index in [4.69, 9.17) is 9.52 Å². The summed E-state index contributed by atoms with van der Waals surface area (Å²) in [5.41, 5.74) is 4.17. The second-order valence-electron chi connectivity index (χ2n) is 5.73. The van der Waals surface area contributed by atoms with Crippen LogP contribution >= 0.6 is 0 Å². The van der Waals surface area contributed by atoms with Crippen molar-refractivity contribution in [2.45, 2.75) is 13.3 Å². The number of nitrogens with zero attached hydrogens (tertiary/aromatic N) is 4. The molecule has 0 atom stereocenters. The zero-order valence-electron chi connectivity index (χ0n) is 13.4. The minimum atomic E-state index is -0.959. The number of rotatable bonds is 4. The van der Waals surface area contributed by atoms with Gasteiger partial charge in [0.1, 0.15) is 17.9 Å². The summed E-state index contributed by atoms with van der Waals surface area (Å²) in [4.78, 5) is 15.3. The summed E-state index contributed by atoms with van der Waals surface area (Å²) in [6, 6.07) is 11.6. The highest BCUT2D eigenvalue weighted by Gasteiger charge is 2.16. The van der Waals surface area contributed by atoms with Gasteiger partial charge < -0.3 is 9.52 Å². The van der Waals surface area contributed by atoms with Gasteiger partial charge in [-0.2, -0.15) is 0 Å². The molecule has 7 nitrogen and oxygen atoms in total. The standard InChI is InChI=1S/C18H14N4O3/c1-11-3-2-4-12(7-11)17-18(25-10-19-17)13-5-6-14-20-21-15(8-16(23)24)22(14)9-13/h2-7,9-10H,8H2,1H3,(H,23,24). The van der Waals surface area contributed by atoms with Crippen molar-refractivity contribution >= 4 is 11.6 Å². The largest absolute Gasteiger partial charge is 0.481 e. The van der Waals surface area contributed by atoms with Gasteiger partial charge in [0.15, 0.2) is 17.8 Å². The van der Waals surface area contributed by atoms with E-state index < -0.39 is 5.97 Å². The average molecular weight is 334 g/mol. The number of aryl methyl sites for hydroxylation is 1.